The van der Waals surface area contributed by atoms with Gasteiger partial charge in [0, 0.05) is 57.1 Å². The second-order valence-corrected chi connectivity index (χ2v) is 9.47. The Bertz CT molecular complexity index is 971. The quantitative estimate of drug-likeness (QED) is 0.753. The van der Waals surface area contributed by atoms with Crippen LogP contribution in [0.25, 0.3) is 0 Å². The molecule has 1 fully saturated rings. The van der Waals surface area contributed by atoms with Gasteiger partial charge < -0.3 is 20.0 Å². The van der Waals surface area contributed by atoms with Crippen LogP contribution in [0.4, 0.5) is 5.69 Å². The summed E-state index contributed by atoms with van der Waals surface area (Å²) in [7, 11) is 0. The van der Waals surface area contributed by atoms with Crippen LogP contribution in [0.15, 0.2) is 42.5 Å². The fraction of sp³-hybridized carbons (Fsp3) is 0.500. The van der Waals surface area contributed by atoms with Gasteiger partial charge in [0.05, 0.1) is 12.2 Å². The number of benzene rings is 2. The minimum absolute atomic E-state index is 0.0231. The van der Waals surface area contributed by atoms with Crippen LogP contribution in [0.5, 0.6) is 0 Å². The number of β-amino-alcohol motifs (C(OH)–C–C–N with tert-alkyl or cyclic N) is 1. The highest BCUT2D eigenvalue weighted by Gasteiger charge is 2.28. The van der Waals surface area contributed by atoms with Crippen LogP contribution in [0, 0.1) is 0 Å². The van der Waals surface area contributed by atoms with Gasteiger partial charge in [-0.3, -0.25) is 9.69 Å². The van der Waals surface area contributed by atoms with Crippen molar-refractivity contribution in [1.29, 1.82) is 0 Å². The van der Waals surface area contributed by atoms with Gasteiger partial charge in [0.2, 0.25) is 0 Å². The first-order valence-electron chi connectivity index (χ1n) is 11.9. The van der Waals surface area contributed by atoms with E-state index in [1.54, 1.807) is 0 Å². The van der Waals surface area contributed by atoms with E-state index in [1.807, 2.05) is 17.0 Å². The van der Waals surface area contributed by atoms with E-state index < -0.39 is 6.10 Å². The number of hydrogen-bond acceptors (Lipinski definition) is 5. The van der Waals surface area contributed by atoms with Gasteiger partial charge in [0.15, 0.2) is 0 Å². The monoisotopic (exact) mass is 435 g/mol. The summed E-state index contributed by atoms with van der Waals surface area (Å²) in [6.45, 7) is 5.13. The second-order valence-electron chi connectivity index (χ2n) is 9.47. The molecule has 2 aromatic carbocycles. The molecule has 0 spiro atoms. The number of aliphatic hydroxyl groups is 2. The zero-order valence-electron chi connectivity index (χ0n) is 18.6. The van der Waals surface area contributed by atoms with Crippen LogP contribution >= 0.6 is 0 Å². The summed E-state index contributed by atoms with van der Waals surface area (Å²) in [4.78, 5) is 19.5. The molecule has 3 heterocycles. The van der Waals surface area contributed by atoms with Gasteiger partial charge in [-0.05, 0) is 60.6 Å². The van der Waals surface area contributed by atoms with Crippen molar-refractivity contribution in [1.82, 2.24) is 9.80 Å². The van der Waals surface area contributed by atoms with E-state index in [0.717, 1.165) is 68.7 Å². The van der Waals surface area contributed by atoms with Gasteiger partial charge in [-0.15, -0.1) is 0 Å². The first-order chi connectivity index (χ1) is 15.6. The van der Waals surface area contributed by atoms with E-state index in [9.17, 15) is 15.0 Å². The maximum Gasteiger partial charge on any atom is 0.254 e. The molecule has 5 rings (SSSR count). The number of hydrogen-bond donors (Lipinski definition) is 2. The Morgan fingerprint density at radius 1 is 0.906 bits per heavy atom. The number of anilines is 1. The predicted molar refractivity (Wildman–Crippen MR) is 125 cm³/mol. The standard InChI is InChI=1S/C26H33N3O3/c30-23-9-13-28(14-10-23)22-5-6-25-20(15-22)8-12-29(26(25)32)18-24(31)17-27-11-7-19-3-1-2-4-21(19)16-27/h1-6,15,23-24,30-31H,7-14,16-18H2/t24-/m1/s1. The molecule has 2 N–H and O–H groups in total. The highest BCUT2D eigenvalue weighted by atomic mass is 16.3. The predicted octanol–water partition coefficient (Wildman–Crippen LogP) is 2.07. The lowest BCUT2D eigenvalue weighted by molar-refractivity contribution is 0.0493. The van der Waals surface area contributed by atoms with Crippen molar-refractivity contribution in [3.05, 3.63) is 64.7 Å². The molecule has 0 radical (unpaired) electrons. The number of amides is 1. The molecule has 1 atom stereocenters. The topological polar surface area (TPSA) is 67.2 Å². The molecule has 6 nitrogen and oxygen atoms in total. The highest BCUT2D eigenvalue weighted by Crippen LogP contribution is 2.27. The fourth-order valence-electron chi connectivity index (χ4n) is 5.34. The van der Waals surface area contributed by atoms with Gasteiger partial charge in [-0.25, -0.2) is 0 Å². The van der Waals surface area contributed by atoms with Crippen LogP contribution in [0.1, 0.15) is 39.9 Å². The van der Waals surface area contributed by atoms with Gasteiger partial charge in [0.1, 0.15) is 0 Å². The summed E-state index contributed by atoms with van der Waals surface area (Å²) in [5.74, 6) is 0.0231. The summed E-state index contributed by atoms with van der Waals surface area (Å²) in [5.41, 5.74) is 5.74. The molecule has 0 unspecified atom stereocenters. The minimum atomic E-state index is -0.551. The lowest BCUT2D eigenvalue weighted by atomic mass is 9.96. The summed E-state index contributed by atoms with van der Waals surface area (Å²) < 4.78 is 0. The van der Waals surface area contributed by atoms with Crippen LogP contribution in [-0.4, -0.2) is 77.4 Å². The Morgan fingerprint density at radius 2 is 1.66 bits per heavy atom. The Morgan fingerprint density at radius 3 is 2.47 bits per heavy atom. The SMILES string of the molecule is O=C1c2ccc(N3CCC(O)CC3)cc2CCN1C[C@H](O)CN1CCc2ccccc2C1. The van der Waals surface area contributed by atoms with Gasteiger partial charge >= 0.3 is 0 Å². The molecule has 0 bridgehead atoms. The maximum atomic E-state index is 13.1. The summed E-state index contributed by atoms with van der Waals surface area (Å²) in [5, 5.41) is 20.5. The normalized spacial score (nSPS) is 20.8. The number of carbonyl (C=O) groups is 1. The van der Waals surface area contributed by atoms with E-state index in [2.05, 4.69) is 40.1 Å². The van der Waals surface area contributed by atoms with E-state index in [4.69, 9.17) is 0 Å². The first kappa shape index (κ1) is 21.4. The van der Waals surface area contributed by atoms with Crippen LogP contribution < -0.4 is 4.90 Å². The van der Waals surface area contributed by atoms with Gasteiger partial charge in [-0.1, -0.05) is 24.3 Å². The zero-order chi connectivity index (χ0) is 22.1. The smallest absolute Gasteiger partial charge is 0.254 e. The average Bonchev–Trinajstić information content (AvgIpc) is 2.81. The Hall–Kier alpha value is -2.41. The third kappa shape index (κ3) is 4.53. The van der Waals surface area contributed by atoms with E-state index in [1.165, 1.54) is 11.1 Å². The summed E-state index contributed by atoms with van der Waals surface area (Å²) in [6.07, 6.45) is 2.68. The summed E-state index contributed by atoms with van der Waals surface area (Å²) >= 11 is 0. The molecular formula is C26H33N3O3. The van der Waals surface area contributed by atoms with Crippen LogP contribution in [-0.2, 0) is 19.4 Å². The third-order valence-corrected chi connectivity index (χ3v) is 7.20. The average molecular weight is 436 g/mol. The van der Waals surface area contributed by atoms with E-state index in [-0.39, 0.29) is 12.0 Å². The molecule has 0 aliphatic carbocycles. The molecule has 1 amide bonds. The fourth-order valence-corrected chi connectivity index (χ4v) is 5.34. The number of fused-ring (bicyclic) bond motifs is 2. The summed E-state index contributed by atoms with van der Waals surface area (Å²) in [6, 6.07) is 14.6. The number of carbonyl (C=O) groups excluding carboxylic acids is 1. The number of nitrogens with zero attached hydrogens (tertiary/aromatic N) is 3. The van der Waals surface area contributed by atoms with E-state index in [0.29, 0.717) is 19.6 Å². The zero-order valence-corrected chi connectivity index (χ0v) is 18.6. The van der Waals surface area contributed by atoms with Gasteiger partial charge in [-0.2, -0.15) is 0 Å². The third-order valence-electron chi connectivity index (χ3n) is 7.20. The van der Waals surface area contributed by atoms with Gasteiger partial charge in [0.25, 0.3) is 5.91 Å². The Kier molecular flexibility index (Phi) is 6.17. The molecule has 0 aromatic heterocycles. The lowest BCUT2D eigenvalue weighted by Crippen LogP contribution is -2.46. The van der Waals surface area contributed by atoms with Crippen molar-refractivity contribution in [2.75, 3.05) is 44.2 Å². The molecule has 1 saturated heterocycles. The van der Waals surface area contributed by atoms with Crippen LogP contribution in [0.2, 0.25) is 0 Å². The number of rotatable bonds is 5. The largest absolute Gasteiger partial charge is 0.393 e. The minimum Gasteiger partial charge on any atom is -0.393 e. The lowest BCUT2D eigenvalue weighted by Gasteiger charge is -2.35. The molecule has 3 aliphatic rings. The van der Waals surface area contributed by atoms with Crippen LogP contribution in [0.3, 0.4) is 0 Å². The van der Waals surface area contributed by atoms with Crippen molar-refractivity contribution in [2.45, 2.75) is 44.4 Å². The van der Waals surface area contributed by atoms with Crippen molar-refractivity contribution in [2.24, 2.45) is 0 Å². The maximum absolute atomic E-state index is 13.1. The molecule has 6 heteroatoms. The van der Waals surface area contributed by atoms with Crippen molar-refractivity contribution < 1.29 is 15.0 Å². The molecule has 170 valence electrons. The molecule has 0 saturated carbocycles. The molecule has 2 aromatic rings. The highest BCUT2D eigenvalue weighted by molar-refractivity contribution is 5.97. The number of aliphatic hydroxyl groups excluding tert-OH is 2. The Labute approximate surface area is 190 Å². The second kappa shape index (κ2) is 9.22. The van der Waals surface area contributed by atoms with E-state index >= 15 is 0 Å². The first-order valence-corrected chi connectivity index (χ1v) is 11.9. The molecule has 32 heavy (non-hydrogen) atoms. The van der Waals surface area contributed by atoms with Crippen molar-refractivity contribution in [3.8, 4) is 0 Å². The van der Waals surface area contributed by atoms with Crippen molar-refractivity contribution >= 4 is 11.6 Å². The number of piperidine rings is 1. The van der Waals surface area contributed by atoms with Crippen molar-refractivity contribution in [3.63, 3.8) is 0 Å². The molecule has 3 aliphatic heterocycles. The Balaban J connectivity index is 1.18. The molecular weight excluding hydrogens is 402 g/mol.